The van der Waals surface area contributed by atoms with Gasteiger partial charge in [-0.25, -0.2) is 0 Å². The van der Waals surface area contributed by atoms with Crippen LogP contribution in [0, 0.1) is 0 Å². The number of aromatic amines is 1. The molecule has 0 spiro atoms. The fourth-order valence-electron chi connectivity index (χ4n) is 1.53. The number of pyridine rings is 2. The summed E-state index contributed by atoms with van der Waals surface area (Å²) >= 11 is 0. The van der Waals surface area contributed by atoms with Crippen molar-refractivity contribution in [3.63, 3.8) is 0 Å². The van der Waals surface area contributed by atoms with Crippen molar-refractivity contribution in [1.82, 2.24) is 20.1 Å². The number of hydrogen-bond donors (Lipinski definition) is 1. The molecule has 0 fully saturated rings. The zero-order chi connectivity index (χ0) is 12.4. The van der Waals surface area contributed by atoms with Gasteiger partial charge in [-0.05, 0) is 18.2 Å². The van der Waals surface area contributed by atoms with Crippen molar-refractivity contribution >= 4 is 12.4 Å². The van der Waals surface area contributed by atoms with Gasteiger partial charge in [0.05, 0.1) is 0 Å². The van der Waals surface area contributed by atoms with Gasteiger partial charge in [-0.15, -0.1) is 12.4 Å². The summed E-state index contributed by atoms with van der Waals surface area (Å²) in [6.45, 7) is 0. The standard InChI is InChI=1S/C12H8N4O2.ClH/c17-10-6-8(3-5-14-10)12-15-11(16-18-12)9-2-1-4-13-7-9;/h1-7H,(H,14,17);1H. The van der Waals surface area contributed by atoms with Crippen LogP contribution >= 0.6 is 12.4 Å². The highest BCUT2D eigenvalue weighted by Crippen LogP contribution is 2.19. The van der Waals surface area contributed by atoms with E-state index >= 15 is 0 Å². The first-order chi connectivity index (χ1) is 8.83. The summed E-state index contributed by atoms with van der Waals surface area (Å²) in [6.07, 6.45) is 4.85. The van der Waals surface area contributed by atoms with Crippen LogP contribution in [-0.2, 0) is 0 Å². The zero-order valence-electron chi connectivity index (χ0n) is 9.61. The molecule has 0 unspecified atom stereocenters. The van der Waals surface area contributed by atoms with Crippen LogP contribution in [0.4, 0.5) is 0 Å². The Morgan fingerprint density at radius 1 is 1.21 bits per heavy atom. The van der Waals surface area contributed by atoms with Crippen molar-refractivity contribution in [2.75, 3.05) is 0 Å². The highest BCUT2D eigenvalue weighted by molar-refractivity contribution is 5.85. The van der Waals surface area contributed by atoms with Crippen LogP contribution in [0.2, 0.25) is 0 Å². The third-order valence-electron chi connectivity index (χ3n) is 2.37. The van der Waals surface area contributed by atoms with Gasteiger partial charge >= 0.3 is 0 Å². The number of H-pyrrole nitrogens is 1. The molecule has 0 radical (unpaired) electrons. The van der Waals surface area contributed by atoms with Gasteiger partial charge in [0.15, 0.2) is 0 Å². The lowest BCUT2D eigenvalue weighted by Crippen LogP contribution is -2.01. The van der Waals surface area contributed by atoms with E-state index < -0.39 is 0 Å². The molecule has 6 nitrogen and oxygen atoms in total. The van der Waals surface area contributed by atoms with Gasteiger partial charge < -0.3 is 9.51 Å². The van der Waals surface area contributed by atoms with E-state index in [1.807, 2.05) is 6.07 Å². The van der Waals surface area contributed by atoms with Crippen molar-refractivity contribution in [3.05, 3.63) is 53.2 Å². The maximum atomic E-state index is 11.2. The summed E-state index contributed by atoms with van der Waals surface area (Å²) in [6, 6.07) is 6.72. The summed E-state index contributed by atoms with van der Waals surface area (Å²) in [7, 11) is 0. The third kappa shape index (κ3) is 2.69. The van der Waals surface area contributed by atoms with Crippen LogP contribution in [0.25, 0.3) is 22.8 Å². The number of aromatic nitrogens is 4. The van der Waals surface area contributed by atoms with Crippen molar-refractivity contribution in [3.8, 4) is 22.8 Å². The van der Waals surface area contributed by atoms with E-state index in [1.165, 1.54) is 12.3 Å². The minimum Gasteiger partial charge on any atom is -0.334 e. The Morgan fingerprint density at radius 2 is 2.11 bits per heavy atom. The van der Waals surface area contributed by atoms with E-state index in [9.17, 15) is 4.79 Å². The van der Waals surface area contributed by atoms with Crippen molar-refractivity contribution in [2.45, 2.75) is 0 Å². The number of rotatable bonds is 2. The first kappa shape index (κ1) is 13.0. The van der Waals surface area contributed by atoms with Gasteiger partial charge in [0.25, 0.3) is 5.89 Å². The molecule has 3 aromatic rings. The molecule has 0 aliphatic carbocycles. The molecule has 0 atom stereocenters. The van der Waals surface area contributed by atoms with E-state index in [4.69, 9.17) is 4.52 Å². The number of nitrogens with zero attached hydrogens (tertiary/aromatic N) is 3. The molecule has 3 heterocycles. The zero-order valence-corrected chi connectivity index (χ0v) is 10.4. The SMILES string of the molecule is Cl.O=c1cc(-c2nc(-c3cccnc3)no2)cc[nH]1. The van der Waals surface area contributed by atoms with Gasteiger partial charge in [-0.3, -0.25) is 9.78 Å². The maximum absolute atomic E-state index is 11.2. The number of nitrogens with one attached hydrogen (secondary N) is 1. The van der Waals surface area contributed by atoms with Crippen molar-refractivity contribution < 1.29 is 4.52 Å². The van der Waals surface area contributed by atoms with Gasteiger partial charge in [-0.2, -0.15) is 4.98 Å². The molecule has 19 heavy (non-hydrogen) atoms. The van der Waals surface area contributed by atoms with Crippen molar-refractivity contribution in [1.29, 1.82) is 0 Å². The Labute approximate surface area is 113 Å². The van der Waals surface area contributed by atoms with E-state index in [1.54, 1.807) is 24.5 Å². The van der Waals surface area contributed by atoms with E-state index in [2.05, 4.69) is 20.1 Å². The first-order valence-electron chi connectivity index (χ1n) is 5.26. The normalized spacial score (nSPS) is 9.89. The van der Waals surface area contributed by atoms with Crippen molar-refractivity contribution in [2.24, 2.45) is 0 Å². The molecule has 3 rings (SSSR count). The van der Waals surface area contributed by atoms with Crippen LogP contribution in [-0.4, -0.2) is 20.1 Å². The quantitative estimate of drug-likeness (QED) is 0.773. The molecule has 0 amide bonds. The Kier molecular flexibility index (Phi) is 3.72. The second kappa shape index (κ2) is 5.45. The lowest BCUT2D eigenvalue weighted by Gasteiger charge is -1.91. The van der Waals surface area contributed by atoms with Gasteiger partial charge in [0.1, 0.15) is 0 Å². The van der Waals surface area contributed by atoms with Gasteiger partial charge in [-0.1, -0.05) is 5.16 Å². The Bertz CT molecular complexity index is 724. The predicted octanol–water partition coefficient (Wildman–Crippen LogP) is 1.91. The van der Waals surface area contributed by atoms with E-state index in [0.717, 1.165) is 5.56 Å². The van der Waals surface area contributed by atoms with E-state index in [-0.39, 0.29) is 18.0 Å². The molecule has 0 aliphatic heterocycles. The highest BCUT2D eigenvalue weighted by atomic mass is 35.5. The molecule has 3 aromatic heterocycles. The first-order valence-corrected chi connectivity index (χ1v) is 5.26. The Morgan fingerprint density at radius 3 is 2.84 bits per heavy atom. The summed E-state index contributed by atoms with van der Waals surface area (Å²) < 4.78 is 5.12. The van der Waals surface area contributed by atoms with Crippen LogP contribution in [0.15, 0.2) is 52.2 Å². The van der Waals surface area contributed by atoms with Gasteiger partial charge in [0.2, 0.25) is 11.4 Å². The Balaban J connectivity index is 0.00000133. The molecule has 0 saturated heterocycles. The monoisotopic (exact) mass is 276 g/mol. The van der Waals surface area contributed by atoms with Crippen LogP contribution in [0.5, 0.6) is 0 Å². The molecule has 0 aromatic carbocycles. The predicted molar refractivity (Wildman–Crippen MR) is 70.8 cm³/mol. The number of hydrogen-bond acceptors (Lipinski definition) is 5. The van der Waals surface area contributed by atoms with Gasteiger partial charge in [0, 0.05) is 35.8 Å². The lowest BCUT2D eigenvalue weighted by molar-refractivity contribution is 0.432. The molecule has 7 heteroatoms. The summed E-state index contributed by atoms with van der Waals surface area (Å²) in [5.74, 6) is 0.748. The number of halogens is 1. The summed E-state index contributed by atoms with van der Waals surface area (Å²) in [5.41, 5.74) is 1.13. The average Bonchev–Trinajstić information content (AvgIpc) is 2.89. The van der Waals surface area contributed by atoms with Crippen LogP contribution in [0.1, 0.15) is 0 Å². The van der Waals surface area contributed by atoms with E-state index in [0.29, 0.717) is 17.3 Å². The largest absolute Gasteiger partial charge is 0.334 e. The fourth-order valence-corrected chi connectivity index (χ4v) is 1.53. The molecule has 96 valence electrons. The topological polar surface area (TPSA) is 84.7 Å². The third-order valence-corrected chi connectivity index (χ3v) is 2.37. The molecule has 0 aliphatic rings. The smallest absolute Gasteiger partial charge is 0.258 e. The molecular weight excluding hydrogens is 268 g/mol. The Hall–Kier alpha value is -2.47. The molecule has 0 saturated carbocycles. The van der Waals surface area contributed by atoms with Crippen LogP contribution in [0.3, 0.4) is 0 Å². The fraction of sp³-hybridized carbons (Fsp3) is 0. The molecule has 1 N–H and O–H groups in total. The second-order valence-corrected chi connectivity index (χ2v) is 3.61. The maximum Gasteiger partial charge on any atom is 0.258 e. The average molecular weight is 277 g/mol. The highest BCUT2D eigenvalue weighted by Gasteiger charge is 2.10. The lowest BCUT2D eigenvalue weighted by atomic mass is 10.2. The summed E-state index contributed by atoms with van der Waals surface area (Å²) in [4.78, 5) is 21.9. The minimum atomic E-state index is -0.214. The van der Waals surface area contributed by atoms with Crippen LogP contribution < -0.4 is 5.56 Å². The molecule has 0 bridgehead atoms. The minimum absolute atomic E-state index is 0. The second-order valence-electron chi connectivity index (χ2n) is 3.61. The summed E-state index contributed by atoms with van der Waals surface area (Å²) in [5, 5.41) is 3.85. The molecular formula is C12H9ClN4O2.